The van der Waals surface area contributed by atoms with Gasteiger partial charge in [0.05, 0.1) is 11.3 Å². The summed E-state index contributed by atoms with van der Waals surface area (Å²) >= 11 is 3.24. The SMILES string of the molecule is O=C(NNC(=O)c1ccccc1-n1cccn1)c1cc(Br)c[nH]1. The maximum atomic E-state index is 12.3. The minimum Gasteiger partial charge on any atom is -0.356 e. The summed E-state index contributed by atoms with van der Waals surface area (Å²) in [6.45, 7) is 0. The molecule has 8 heteroatoms. The Balaban J connectivity index is 1.73. The Hall–Kier alpha value is -2.87. The molecule has 0 saturated carbocycles. The van der Waals surface area contributed by atoms with Gasteiger partial charge in [0.1, 0.15) is 5.69 Å². The number of nitrogens with zero attached hydrogens (tertiary/aromatic N) is 2. The molecule has 7 nitrogen and oxygen atoms in total. The zero-order valence-corrected chi connectivity index (χ0v) is 13.4. The fourth-order valence-electron chi connectivity index (χ4n) is 2.02. The zero-order valence-electron chi connectivity index (χ0n) is 11.8. The number of aromatic amines is 1. The Morgan fingerprint density at radius 2 is 1.91 bits per heavy atom. The number of para-hydroxylation sites is 1. The molecule has 2 amide bonds. The monoisotopic (exact) mass is 373 g/mol. The molecule has 2 heterocycles. The number of hydrogen-bond donors (Lipinski definition) is 3. The molecule has 1 aromatic carbocycles. The molecule has 116 valence electrons. The quantitative estimate of drug-likeness (QED) is 0.613. The predicted molar refractivity (Wildman–Crippen MR) is 87.0 cm³/mol. The molecule has 2 aromatic heterocycles. The van der Waals surface area contributed by atoms with Gasteiger partial charge < -0.3 is 4.98 Å². The van der Waals surface area contributed by atoms with Crippen molar-refractivity contribution in [3.8, 4) is 5.69 Å². The van der Waals surface area contributed by atoms with Gasteiger partial charge in [0.25, 0.3) is 11.8 Å². The first kappa shape index (κ1) is 15.0. The number of carbonyl (C=O) groups is 2. The molecular weight excluding hydrogens is 362 g/mol. The summed E-state index contributed by atoms with van der Waals surface area (Å²) in [5.41, 5.74) is 6.10. The van der Waals surface area contributed by atoms with Crippen LogP contribution in [0.25, 0.3) is 5.69 Å². The average Bonchev–Trinajstić information content (AvgIpc) is 3.24. The van der Waals surface area contributed by atoms with Gasteiger partial charge in [-0.15, -0.1) is 0 Å². The Morgan fingerprint density at radius 3 is 2.61 bits per heavy atom. The van der Waals surface area contributed by atoms with Gasteiger partial charge in [-0.2, -0.15) is 5.10 Å². The van der Waals surface area contributed by atoms with E-state index in [0.717, 1.165) is 4.47 Å². The van der Waals surface area contributed by atoms with E-state index in [1.54, 1.807) is 53.6 Å². The average molecular weight is 374 g/mol. The van der Waals surface area contributed by atoms with Crippen LogP contribution in [0.1, 0.15) is 20.8 Å². The number of hydrazine groups is 1. The number of carbonyl (C=O) groups excluding carboxylic acids is 2. The molecule has 0 fully saturated rings. The lowest BCUT2D eigenvalue weighted by atomic mass is 10.1. The molecule has 0 aliphatic heterocycles. The first-order valence-electron chi connectivity index (χ1n) is 6.69. The second-order valence-corrected chi connectivity index (χ2v) is 5.52. The molecule has 3 rings (SSSR count). The maximum Gasteiger partial charge on any atom is 0.286 e. The van der Waals surface area contributed by atoms with Crippen LogP contribution in [-0.2, 0) is 0 Å². The largest absolute Gasteiger partial charge is 0.356 e. The topological polar surface area (TPSA) is 91.8 Å². The first-order valence-corrected chi connectivity index (χ1v) is 7.48. The summed E-state index contributed by atoms with van der Waals surface area (Å²) in [6, 6.07) is 10.4. The van der Waals surface area contributed by atoms with E-state index in [0.29, 0.717) is 16.9 Å². The van der Waals surface area contributed by atoms with E-state index in [9.17, 15) is 9.59 Å². The van der Waals surface area contributed by atoms with Crippen molar-refractivity contribution in [2.75, 3.05) is 0 Å². The number of H-pyrrole nitrogens is 1. The fraction of sp³-hybridized carbons (Fsp3) is 0. The van der Waals surface area contributed by atoms with Crippen LogP contribution in [0, 0.1) is 0 Å². The van der Waals surface area contributed by atoms with Crippen LogP contribution >= 0.6 is 15.9 Å². The molecule has 23 heavy (non-hydrogen) atoms. The van der Waals surface area contributed by atoms with E-state index in [1.807, 2.05) is 6.07 Å². The third-order valence-corrected chi connectivity index (χ3v) is 3.54. The van der Waals surface area contributed by atoms with Crippen molar-refractivity contribution < 1.29 is 9.59 Å². The van der Waals surface area contributed by atoms with Gasteiger partial charge in [0.15, 0.2) is 0 Å². The lowest BCUT2D eigenvalue weighted by Crippen LogP contribution is -2.42. The van der Waals surface area contributed by atoms with Crippen LogP contribution in [0.5, 0.6) is 0 Å². The van der Waals surface area contributed by atoms with Crippen LogP contribution in [0.3, 0.4) is 0 Å². The molecule has 0 saturated heterocycles. The van der Waals surface area contributed by atoms with Crippen LogP contribution < -0.4 is 10.9 Å². The second-order valence-electron chi connectivity index (χ2n) is 4.61. The highest BCUT2D eigenvalue weighted by Crippen LogP contribution is 2.13. The van der Waals surface area contributed by atoms with Crippen LogP contribution in [0.15, 0.2) is 59.5 Å². The number of benzene rings is 1. The van der Waals surface area contributed by atoms with E-state index in [-0.39, 0.29) is 0 Å². The number of rotatable bonds is 3. The van der Waals surface area contributed by atoms with E-state index in [2.05, 4.69) is 36.9 Å². The lowest BCUT2D eigenvalue weighted by Gasteiger charge is -2.10. The highest BCUT2D eigenvalue weighted by atomic mass is 79.9. The Labute approximate surface area is 139 Å². The molecule has 3 aromatic rings. The van der Waals surface area contributed by atoms with Gasteiger partial charge in [-0.3, -0.25) is 20.4 Å². The fourth-order valence-corrected chi connectivity index (χ4v) is 2.37. The standard InChI is InChI=1S/C15H12BrN5O2/c16-10-8-12(17-9-10)15(23)20-19-14(22)11-4-1-2-5-13(11)21-7-3-6-18-21/h1-9,17H,(H,19,22)(H,20,23). The summed E-state index contributed by atoms with van der Waals surface area (Å²) in [5, 5.41) is 4.11. The summed E-state index contributed by atoms with van der Waals surface area (Å²) < 4.78 is 2.33. The van der Waals surface area contributed by atoms with Crippen molar-refractivity contribution in [1.82, 2.24) is 25.6 Å². The van der Waals surface area contributed by atoms with E-state index < -0.39 is 11.8 Å². The third-order valence-electron chi connectivity index (χ3n) is 3.08. The van der Waals surface area contributed by atoms with Gasteiger partial charge in [-0.25, -0.2) is 4.68 Å². The highest BCUT2D eigenvalue weighted by Gasteiger charge is 2.14. The minimum absolute atomic E-state index is 0.331. The van der Waals surface area contributed by atoms with Crippen molar-refractivity contribution >= 4 is 27.7 Å². The van der Waals surface area contributed by atoms with Crippen molar-refractivity contribution in [3.63, 3.8) is 0 Å². The summed E-state index contributed by atoms with van der Waals surface area (Å²) in [4.78, 5) is 27.0. The normalized spacial score (nSPS) is 10.3. The summed E-state index contributed by atoms with van der Waals surface area (Å²) in [5.74, 6) is -0.879. The van der Waals surface area contributed by atoms with Gasteiger partial charge in [0.2, 0.25) is 0 Å². The van der Waals surface area contributed by atoms with Crippen molar-refractivity contribution in [2.45, 2.75) is 0 Å². The Bertz CT molecular complexity index is 841. The summed E-state index contributed by atoms with van der Waals surface area (Å²) in [6.07, 6.45) is 4.99. The lowest BCUT2D eigenvalue weighted by molar-refractivity contribution is 0.0844. The van der Waals surface area contributed by atoms with Gasteiger partial charge in [0, 0.05) is 23.1 Å². The van der Waals surface area contributed by atoms with Crippen molar-refractivity contribution in [1.29, 1.82) is 0 Å². The Morgan fingerprint density at radius 1 is 1.13 bits per heavy atom. The smallest absolute Gasteiger partial charge is 0.286 e. The van der Waals surface area contributed by atoms with E-state index in [1.165, 1.54) is 0 Å². The Kier molecular flexibility index (Phi) is 4.24. The molecule has 0 radical (unpaired) electrons. The molecule has 0 aliphatic carbocycles. The second kappa shape index (κ2) is 6.49. The maximum absolute atomic E-state index is 12.3. The molecule has 0 spiro atoms. The zero-order chi connectivity index (χ0) is 16.2. The predicted octanol–water partition coefficient (Wildman–Crippen LogP) is 2.04. The van der Waals surface area contributed by atoms with Crippen LogP contribution in [0.2, 0.25) is 0 Å². The van der Waals surface area contributed by atoms with Gasteiger partial charge in [-0.05, 0) is 40.2 Å². The highest BCUT2D eigenvalue weighted by molar-refractivity contribution is 9.10. The number of aromatic nitrogens is 3. The molecule has 0 bridgehead atoms. The van der Waals surface area contributed by atoms with E-state index in [4.69, 9.17) is 0 Å². The number of halogens is 1. The molecular formula is C15H12BrN5O2. The van der Waals surface area contributed by atoms with Crippen molar-refractivity contribution in [2.24, 2.45) is 0 Å². The van der Waals surface area contributed by atoms with Gasteiger partial charge >= 0.3 is 0 Å². The van der Waals surface area contributed by atoms with Crippen LogP contribution in [0.4, 0.5) is 0 Å². The summed E-state index contributed by atoms with van der Waals surface area (Å²) in [7, 11) is 0. The number of hydrogen-bond acceptors (Lipinski definition) is 3. The molecule has 0 unspecified atom stereocenters. The minimum atomic E-state index is -0.444. The molecule has 0 atom stereocenters. The van der Waals surface area contributed by atoms with Crippen LogP contribution in [-0.4, -0.2) is 26.6 Å². The van der Waals surface area contributed by atoms with Crippen molar-refractivity contribution in [3.05, 3.63) is 70.7 Å². The molecule has 3 N–H and O–H groups in total. The number of nitrogens with one attached hydrogen (secondary N) is 3. The first-order chi connectivity index (χ1) is 11.1. The number of amides is 2. The third kappa shape index (κ3) is 3.32. The van der Waals surface area contributed by atoms with Gasteiger partial charge in [-0.1, -0.05) is 12.1 Å². The van der Waals surface area contributed by atoms with E-state index >= 15 is 0 Å². The molecule has 0 aliphatic rings.